The maximum absolute atomic E-state index is 6.31. The van der Waals surface area contributed by atoms with Crippen molar-refractivity contribution in [3.8, 4) is 0 Å². The molecule has 1 aromatic heterocycles. The van der Waals surface area contributed by atoms with Gasteiger partial charge in [0.1, 0.15) is 0 Å². The van der Waals surface area contributed by atoms with Crippen LogP contribution in [0.25, 0.3) is 0 Å². The van der Waals surface area contributed by atoms with E-state index in [1.54, 1.807) is 6.20 Å². The maximum atomic E-state index is 6.31. The first-order valence-electron chi connectivity index (χ1n) is 7.72. The predicted octanol–water partition coefficient (Wildman–Crippen LogP) is 3.88. The van der Waals surface area contributed by atoms with Gasteiger partial charge in [-0.25, -0.2) is 0 Å². The summed E-state index contributed by atoms with van der Waals surface area (Å²) in [5, 5.41) is 8.64. The van der Waals surface area contributed by atoms with E-state index in [1.807, 2.05) is 4.68 Å². The lowest BCUT2D eigenvalue weighted by Crippen LogP contribution is -2.24. The van der Waals surface area contributed by atoms with Crippen LogP contribution >= 0.6 is 11.6 Å². The van der Waals surface area contributed by atoms with Crippen LogP contribution in [0.3, 0.4) is 0 Å². The minimum atomic E-state index is 0.414. The van der Waals surface area contributed by atoms with Crippen molar-refractivity contribution in [3.05, 3.63) is 52.8 Å². The van der Waals surface area contributed by atoms with Crippen LogP contribution in [0.2, 0.25) is 5.02 Å². The van der Waals surface area contributed by atoms with E-state index in [-0.39, 0.29) is 0 Å². The van der Waals surface area contributed by atoms with Crippen molar-refractivity contribution in [2.45, 2.75) is 39.2 Å². The zero-order chi connectivity index (χ0) is 15.1. The fourth-order valence-corrected chi connectivity index (χ4v) is 2.80. The van der Waals surface area contributed by atoms with Gasteiger partial charge in [-0.3, -0.25) is 4.68 Å². The summed E-state index contributed by atoms with van der Waals surface area (Å²) in [4.78, 5) is 0. The molecule has 0 aliphatic heterocycles. The molecule has 0 aliphatic carbocycles. The van der Waals surface area contributed by atoms with E-state index in [0.29, 0.717) is 5.92 Å². The number of nitrogens with one attached hydrogen (secondary N) is 1. The van der Waals surface area contributed by atoms with Gasteiger partial charge >= 0.3 is 0 Å². The number of halogens is 1. The summed E-state index contributed by atoms with van der Waals surface area (Å²) in [6.45, 7) is 7.15. The third-order valence-corrected chi connectivity index (χ3v) is 4.04. The van der Waals surface area contributed by atoms with Gasteiger partial charge in [0.2, 0.25) is 0 Å². The SMILES string of the molecule is CCCNCC(Cc1c(Cl)cnn1CC)c1ccccc1. The molecule has 4 heteroatoms. The Bertz CT molecular complexity index is 536. The van der Waals surface area contributed by atoms with Crippen LogP contribution < -0.4 is 5.32 Å². The van der Waals surface area contributed by atoms with Crippen molar-refractivity contribution in [3.63, 3.8) is 0 Å². The lowest BCUT2D eigenvalue weighted by molar-refractivity contribution is 0.543. The van der Waals surface area contributed by atoms with Crippen molar-refractivity contribution in [1.29, 1.82) is 0 Å². The Morgan fingerprint density at radius 2 is 2.00 bits per heavy atom. The smallest absolute Gasteiger partial charge is 0.0818 e. The highest BCUT2D eigenvalue weighted by Gasteiger charge is 2.17. The standard InChI is InChI=1S/C17H24ClN3/c1-3-10-19-12-15(14-8-6-5-7-9-14)11-17-16(18)13-20-21(17)4-2/h5-9,13,15,19H,3-4,10-12H2,1-2H3. The van der Waals surface area contributed by atoms with Gasteiger partial charge in [0.15, 0.2) is 0 Å². The summed E-state index contributed by atoms with van der Waals surface area (Å²) in [7, 11) is 0. The highest BCUT2D eigenvalue weighted by molar-refractivity contribution is 6.31. The van der Waals surface area contributed by atoms with Gasteiger partial charge < -0.3 is 5.32 Å². The molecule has 1 N–H and O–H groups in total. The summed E-state index contributed by atoms with van der Waals surface area (Å²) in [5.41, 5.74) is 2.48. The first kappa shape index (κ1) is 16.1. The topological polar surface area (TPSA) is 29.9 Å². The third kappa shape index (κ3) is 4.32. The Morgan fingerprint density at radius 1 is 1.24 bits per heavy atom. The van der Waals surface area contributed by atoms with Gasteiger partial charge in [0.25, 0.3) is 0 Å². The Hall–Kier alpha value is -1.32. The fourth-order valence-electron chi connectivity index (χ4n) is 2.58. The molecule has 114 valence electrons. The zero-order valence-corrected chi connectivity index (χ0v) is 13.6. The number of aryl methyl sites for hydroxylation is 1. The van der Waals surface area contributed by atoms with E-state index >= 15 is 0 Å². The monoisotopic (exact) mass is 305 g/mol. The molecule has 0 aliphatic rings. The van der Waals surface area contributed by atoms with Gasteiger partial charge in [-0.2, -0.15) is 5.10 Å². The van der Waals surface area contributed by atoms with Crippen LogP contribution in [-0.2, 0) is 13.0 Å². The second-order valence-corrected chi connectivity index (χ2v) is 5.68. The lowest BCUT2D eigenvalue weighted by atomic mass is 9.94. The quantitative estimate of drug-likeness (QED) is 0.750. The Labute approximate surface area is 132 Å². The van der Waals surface area contributed by atoms with Crippen molar-refractivity contribution in [2.75, 3.05) is 13.1 Å². The van der Waals surface area contributed by atoms with Crippen molar-refractivity contribution in [1.82, 2.24) is 15.1 Å². The van der Waals surface area contributed by atoms with E-state index < -0.39 is 0 Å². The van der Waals surface area contributed by atoms with Crippen molar-refractivity contribution < 1.29 is 0 Å². The molecule has 0 saturated carbocycles. The van der Waals surface area contributed by atoms with Crippen LogP contribution in [0.5, 0.6) is 0 Å². The van der Waals surface area contributed by atoms with Gasteiger partial charge in [0, 0.05) is 19.0 Å². The molecule has 0 radical (unpaired) electrons. The molecular formula is C17H24ClN3. The van der Waals surface area contributed by atoms with E-state index in [9.17, 15) is 0 Å². The average molecular weight is 306 g/mol. The second kappa shape index (κ2) is 8.20. The first-order valence-corrected chi connectivity index (χ1v) is 8.09. The van der Waals surface area contributed by atoms with Gasteiger partial charge in [-0.15, -0.1) is 0 Å². The number of aromatic nitrogens is 2. The van der Waals surface area contributed by atoms with Gasteiger partial charge in [-0.05, 0) is 31.9 Å². The molecule has 2 rings (SSSR count). The molecule has 0 saturated heterocycles. The summed E-state index contributed by atoms with van der Waals surface area (Å²) in [5.74, 6) is 0.414. The largest absolute Gasteiger partial charge is 0.316 e. The number of nitrogens with zero attached hydrogens (tertiary/aromatic N) is 2. The normalized spacial score (nSPS) is 12.5. The summed E-state index contributed by atoms with van der Waals surface area (Å²) >= 11 is 6.31. The zero-order valence-electron chi connectivity index (χ0n) is 12.8. The predicted molar refractivity (Wildman–Crippen MR) is 89.0 cm³/mol. The highest BCUT2D eigenvalue weighted by Crippen LogP contribution is 2.25. The number of rotatable bonds is 8. The minimum absolute atomic E-state index is 0.414. The third-order valence-electron chi connectivity index (χ3n) is 3.73. The molecule has 1 atom stereocenters. The highest BCUT2D eigenvalue weighted by atomic mass is 35.5. The molecule has 1 heterocycles. The van der Waals surface area contributed by atoms with E-state index in [1.165, 1.54) is 5.56 Å². The molecule has 3 nitrogen and oxygen atoms in total. The number of benzene rings is 1. The molecule has 0 bridgehead atoms. The molecule has 0 spiro atoms. The lowest BCUT2D eigenvalue weighted by Gasteiger charge is -2.19. The second-order valence-electron chi connectivity index (χ2n) is 5.27. The van der Waals surface area contributed by atoms with Gasteiger partial charge in [0.05, 0.1) is 16.9 Å². The summed E-state index contributed by atoms with van der Waals surface area (Å²) in [6, 6.07) is 10.6. The Balaban J connectivity index is 2.17. The molecule has 21 heavy (non-hydrogen) atoms. The fraction of sp³-hybridized carbons (Fsp3) is 0.471. The number of hydrogen-bond donors (Lipinski definition) is 1. The molecule has 0 amide bonds. The van der Waals surface area contributed by atoms with Crippen LogP contribution in [-0.4, -0.2) is 22.9 Å². The Kier molecular flexibility index (Phi) is 6.27. The van der Waals surface area contributed by atoms with Crippen LogP contribution in [0.15, 0.2) is 36.5 Å². The Morgan fingerprint density at radius 3 is 2.67 bits per heavy atom. The van der Waals surface area contributed by atoms with Crippen LogP contribution in [0.4, 0.5) is 0 Å². The number of hydrogen-bond acceptors (Lipinski definition) is 2. The summed E-state index contributed by atoms with van der Waals surface area (Å²) in [6.07, 6.45) is 3.81. The van der Waals surface area contributed by atoms with Crippen molar-refractivity contribution >= 4 is 11.6 Å². The van der Waals surface area contributed by atoms with Gasteiger partial charge in [-0.1, -0.05) is 48.9 Å². The average Bonchev–Trinajstić information content (AvgIpc) is 2.87. The van der Waals surface area contributed by atoms with E-state index in [2.05, 4.69) is 54.6 Å². The first-order chi connectivity index (χ1) is 10.3. The maximum Gasteiger partial charge on any atom is 0.0818 e. The van der Waals surface area contributed by atoms with E-state index in [0.717, 1.165) is 43.2 Å². The molecule has 2 aromatic rings. The summed E-state index contributed by atoms with van der Waals surface area (Å²) < 4.78 is 2.00. The minimum Gasteiger partial charge on any atom is -0.316 e. The molecule has 0 fully saturated rings. The molecular weight excluding hydrogens is 282 g/mol. The van der Waals surface area contributed by atoms with Crippen LogP contribution in [0.1, 0.15) is 37.4 Å². The van der Waals surface area contributed by atoms with Crippen LogP contribution in [0, 0.1) is 0 Å². The molecule has 1 unspecified atom stereocenters. The molecule has 1 aromatic carbocycles. The van der Waals surface area contributed by atoms with E-state index in [4.69, 9.17) is 11.6 Å². The van der Waals surface area contributed by atoms with Crippen molar-refractivity contribution in [2.24, 2.45) is 0 Å².